The Bertz CT molecular complexity index is 988. The third-order valence-electron chi connectivity index (χ3n) is 2.86. The van der Waals surface area contributed by atoms with Crippen molar-refractivity contribution in [3.8, 4) is 11.5 Å². The molecule has 0 aromatic heterocycles. The lowest BCUT2D eigenvalue weighted by molar-refractivity contribution is 0.482. The highest BCUT2D eigenvalue weighted by Gasteiger charge is 2.13. The molecular formula is C14H13Cl2NO5S2. The van der Waals surface area contributed by atoms with Crippen LogP contribution in [0.15, 0.2) is 41.3 Å². The zero-order valence-electron chi connectivity index (χ0n) is 12.4. The number of ether oxygens (including phenoxy) is 1. The molecule has 0 atom stereocenters. The largest absolute Gasteiger partial charge is 0.456 e. The van der Waals surface area contributed by atoms with Gasteiger partial charge in [-0.25, -0.2) is 22.0 Å². The van der Waals surface area contributed by atoms with E-state index in [0.29, 0.717) is 5.56 Å². The molecule has 0 aliphatic rings. The van der Waals surface area contributed by atoms with Crippen molar-refractivity contribution in [2.45, 2.75) is 10.6 Å². The third-order valence-corrected chi connectivity index (χ3v) is 5.22. The van der Waals surface area contributed by atoms with Crippen LogP contribution >= 0.6 is 23.2 Å². The summed E-state index contributed by atoms with van der Waals surface area (Å²) in [5.74, 6) is 0.0491. The van der Waals surface area contributed by atoms with Gasteiger partial charge in [0.15, 0.2) is 9.84 Å². The van der Waals surface area contributed by atoms with Crippen LogP contribution in [0.25, 0.3) is 0 Å². The predicted molar refractivity (Wildman–Crippen MR) is 92.9 cm³/mol. The fraction of sp³-hybridized carbons (Fsp3) is 0.143. The van der Waals surface area contributed by atoms with Gasteiger partial charge in [-0.2, -0.15) is 0 Å². The highest BCUT2D eigenvalue weighted by atomic mass is 35.5. The highest BCUT2D eigenvalue weighted by molar-refractivity contribution is 7.90. The van der Waals surface area contributed by atoms with Gasteiger partial charge < -0.3 is 4.74 Å². The van der Waals surface area contributed by atoms with Crippen LogP contribution < -0.4 is 9.88 Å². The molecule has 2 rings (SSSR count). The Morgan fingerprint density at radius 3 is 2.25 bits per heavy atom. The molecule has 2 N–H and O–H groups in total. The maximum Gasteiger partial charge on any atom is 0.213 e. The van der Waals surface area contributed by atoms with Crippen LogP contribution in [0, 0.1) is 0 Å². The Hall–Kier alpha value is -1.32. The summed E-state index contributed by atoms with van der Waals surface area (Å²) in [5.41, 5.74) is 0.351. The monoisotopic (exact) mass is 409 g/mol. The first-order valence-electron chi connectivity index (χ1n) is 6.41. The number of sulfone groups is 1. The van der Waals surface area contributed by atoms with Crippen LogP contribution in [0.4, 0.5) is 0 Å². The van der Waals surface area contributed by atoms with Crippen molar-refractivity contribution in [1.29, 1.82) is 0 Å². The number of hydrogen-bond acceptors (Lipinski definition) is 5. The normalized spacial score (nSPS) is 12.2. The second-order valence-electron chi connectivity index (χ2n) is 5.07. The Morgan fingerprint density at radius 1 is 1.04 bits per heavy atom. The molecule has 2 aromatic rings. The third kappa shape index (κ3) is 5.35. The van der Waals surface area contributed by atoms with Gasteiger partial charge in [0.25, 0.3) is 0 Å². The molecule has 0 spiro atoms. The van der Waals surface area contributed by atoms with Crippen molar-refractivity contribution in [3.05, 3.63) is 52.0 Å². The second kappa shape index (κ2) is 6.89. The first-order valence-corrected chi connectivity index (χ1v) is 10.8. The van der Waals surface area contributed by atoms with E-state index in [1.165, 1.54) is 36.4 Å². The van der Waals surface area contributed by atoms with Gasteiger partial charge in [0, 0.05) is 11.3 Å². The number of nitrogens with two attached hydrogens (primary N) is 1. The summed E-state index contributed by atoms with van der Waals surface area (Å²) in [6.07, 6.45) is 1.07. The molecule has 130 valence electrons. The van der Waals surface area contributed by atoms with Crippen molar-refractivity contribution in [3.63, 3.8) is 0 Å². The molecule has 0 radical (unpaired) electrons. The van der Waals surface area contributed by atoms with Gasteiger partial charge in [-0.05, 0) is 42.0 Å². The van der Waals surface area contributed by atoms with Crippen molar-refractivity contribution < 1.29 is 21.6 Å². The molecule has 0 aliphatic heterocycles. The summed E-state index contributed by atoms with van der Waals surface area (Å²) in [6.45, 7) is 0. The molecule has 0 saturated heterocycles. The van der Waals surface area contributed by atoms with Gasteiger partial charge in [0.1, 0.15) is 11.5 Å². The maximum atomic E-state index is 11.5. The number of sulfonamides is 1. The zero-order valence-corrected chi connectivity index (χ0v) is 15.5. The van der Waals surface area contributed by atoms with E-state index in [-0.39, 0.29) is 26.4 Å². The van der Waals surface area contributed by atoms with Gasteiger partial charge in [0.05, 0.1) is 15.7 Å². The molecule has 2 aromatic carbocycles. The fourth-order valence-corrected chi connectivity index (χ4v) is 3.73. The van der Waals surface area contributed by atoms with E-state index >= 15 is 0 Å². The number of benzene rings is 2. The van der Waals surface area contributed by atoms with Crippen LogP contribution in [-0.4, -0.2) is 23.1 Å². The Kier molecular flexibility index (Phi) is 5.46. The van der Waals surface area contributed by atoms with E-state index in [1.807, 2.05) is 0 Å². The zero-order chi connectivity index (χ0) is 18.1. The van der Waals surface area contributed by atoms with Crippen molar-refractivity contribution in [1.82, 2.24) is 0 Å². The average molecular weight is 410 g/mol. The summed E-state index contributed by atoms with van der Waals surface area (Å²) >= 11 is 12.0. The molecule has 0 aliphatic carbocycles. The van der Waals surface area contributed by atoms with Gasteiger partial charge in [-0.15, -0.1) is 0 Å². The van der Waals surface area contributed by atoms with Gasteiger partial charge in [-0.3, -0.25) is 0 Å². The maximum absolute atomic E-state index is 11.5. The molecule has 10 heteroatoms. The van der Waals surface area contributed by atoms with E-state index in [9.17, 15) is 16.8 Å². The quantitative estimate of drug-likeness (QED) is 0.816. The molecular weight excluding hydrogens is 397 g/mol. The van der Waals surface area contributed by atoms with Crippen LogP contribution in [0.5, 0.6) is 11.5 Å². The predicted octanol–water partition coefficient (Wildman–Crippen LogP) is 2.98. The number of primary sulfonamides is 1. The summed E-state index contributed by atoms with van der Waals surface area (Å²) in [6, 6.07) is 8.40. The minimum Gasteiger partial charge on any atom is -0.456 e. The smallest absolute Gasteiger partial charge is 0.213 e. The Morgan fingerprint density at radius 2 is 1.71 bits per heavy atom. The van der Waals surface area contributed by atoms with Crippen molar-refractivity contribution in [2.24, 2.45) is 5.14 Å². The Balaban J connectivity index is 2.35. The number of rotatable bonds is 5. The van der Waals surface area contributed by atoms with Gasteiger partial charge in [-0.1, -0.05) is 23.2 Å². The second-order valence-corrected chi connectivity index (χ2v) is 9.54. The van der Waals surface area contributed by atoms with Crippen LogP contribution in [0.3, 0.4) is 0 Å². The summed E-state index contributed by atoms with van der Waals surface area (Å²) in [5, 5.41) is 5.36. The van der Waals surface area contributed by atoms with Gasteiger partial charge >= 0.3 is 0 Å². The fourth-order valence-electron chi connectivity index (χ4n) is 1.92. The number of halogens is 2. The van der Waals surface area contributed by atoms with Crippen LogP contribution in [-0.2, 0) is 25.6 Å². The summed E-state index contributed by atoms with van der Waals surface area (Å²) in [4.78, 5) is 0.0564. The standard InChI is InChI=1S/C14H13Cl2NO5S2/c1-23(18,19)12-2-3-14(13(16)7-12)22-11-5-9(4-10(15)6-11)8-24(17,20)21/h2-7H,8H2,1H3,(H2,17,20,21). The molecule has 0 unspecified atom stereocenters. The van der Waals surface area contributed by atoms with E-state index in [2.05, 4.69) is 0 Å². The molecule has 0 heterocycles. The Labute approximate surface area is 150 Å². The lowest BCUT2D eigenvalue weighted by atomic mass is 10.2. The molecule has 0 fully saturated rings. The topological polar surface area (TPSA) is 104 Å². The minimum atomic E-state index is -3.72. The molecule has 0 saturated carbocycles. The minimum absolute atomic E-state index is 0.0564. The molecule has 6 nitrogen and oxygen atoms in total. The van der Waals surface area contributed by atoms with Crippen molar-refractivity contribution in [2.75, 3.05) is 6.26 Å². The van der Waals surface area contributed by atoms with E-state index in [4.69, 9.17) is 33.1 Å². The molecule has 0 bridgehead atoms. The van der Waals surface area contributed by atoms with Crippen LogP contribution in [0.2, 0.25) is 10.0 Å². The molecule has 24 heavy (non-hydrogen) atoms. The SMILES string of the molecule is CS(=O)(=O)c1ccc(Oc2cc(Cl)cc(CS(N)(=O)=O)c2)c(Cl)c1. The number of hydrogen-bond donors (Lipinski definition) is 1. The van der Waals surface area contributed by atoms with Crippen LogP contribution in [0.1, 0.15) is 5.56 Å². The average Bonchev–Trinajstić information content (AvgIpc) is 2.37. The van der Waals surface area contributed by atoms with Crippen molar-refractivity contribution >= 4 is 43.1 Å². The molecule has 0 amide bonds. The summed E-state index contributed by atoms with van der Waals surface area (Å²) < 4.78 is 50.9. The lowest BCUT2D eigenvalue weighted by Gasteiger charge is -2.10. The van der Waals surface area contributed by atoms with Gasteiger partial charge in [0.2, 0.25) is 10.0 Å². The highest BCUT2D eigenvalue weighted by Crippen LogP contribution is 2.33. The first-order chi connectivity index (χ1) is 10.9. The van der Waals surface area contributed by atoms with E-state index < -0.39 is 25.6 Å². The lowest BCUT2D eigenvalue weighted by Crippen LogP contribution is -2.14. The van der Waals surface area contributed by atoms with E-state index in [1.54, 1.807) is 0 Å². The first kappa shape index (κ1) is 19.0. The van der Waals surface area contributed by atoms with E-state index in [0.717, 1.165) is 6.26 Å². The summed E-state index contributed by atoms with van der Waals surface area (Å²) in [7, 11) is -7.11.